The van der Waals surface area contributed by atoms with Crippen molar-refractivity contribution in [3.63, 3.8) is 0 Å². The number of methoxy groups -OCH3 is 1. The Balaban J connectivity index is 1.84. The van der Waals surface area contributed by atoms with Crippen LogP contribution in [0.4, 0.5) is 5.69 Å². The molecule has 7 nitrogen and oxygen atoms in total. The molecule has 1 atom stereocenters. The molecule has 29 heavy (non-hydrogen) atoms. The van der Waals surface area contributed by atoms with Crippen LogP contribution in [0.15, 0.2) is 64.5 Å². The standard InChI is InChI=1S/C21H24N4O3S/c1-15-9-11-17(12-10-15)22-19(26)18(16-7-4-3-5-8-16)29-21-24-23-20(27)25(21)13-6-14-28-2/h3-5,7-12,18H,6,13-14H2,1-2H3,(H,22,26)(H,23,27). The first-order valence-electron chi connectivity index (χ1n) is 9.32. The van der Waals surface area contributed by atoms with E-state index in [2.05, 4.69) is 15.5 Å². The lowest BCUT2D eigenvalue weighted by atomic mass is 10.1. The van der Waals surface area contributed by atoms with Gasteiger partial charge < -0.3 is 10.1 Å². The summed E-state index contributed by atoms with van der Waals surface area (Å²) in [6, 6.07) is 17.1. The maximum atomic E-state index is 13.1. The number of aromatic amines is 1. The normalized spacial score (nSPS) is 11.9. The van der Waals surface area contributed by atoms with Gasteiger partial charge in [0.25, 0.3) is 0 Å². The minimum absolute atomic E-state index is 0.177. The number of nitrogens with zero attached hydrogens (tertiary/aromatic N) is 2. The Morgan fingerprint density at radius 3 is 2.62 bits per heavy atom. The Bertz CT molecular complexity index is 983. The molecule has 0 saturated carbocycles. The summed E-state index contributed by atoms with van der Waals surface area (Å²) < 4.78 is 6.61. The first-order valence-corrected chi connectivity index (χ1v) is 10.2. The average Bonchev–Trinajstić information content (AvgIpc) is 3.08. The Morgan fingerprint density at radius 2 is 1.93 bits per heavy atom. The molecular weight excluding hydrogens is 388 g/mol. The van der Waals surface area contributed by atoms with E-state index in [1.807, 2.05) is 61.5 Å². The van der Waals surface area contributed by atoms with Gasteiger partial charge in [-0.1, -0.05) is 59.8 Å². The summed E-state index contributed by atoms with van der Waals surface area (Å²) in [6.45, 7) is 3.00. The number of carbonyl (C=O) groups is 1. The second-order valence-corrected chi connectivity index (χ2v) is 7.65. The molecule has 3 aromatic rings. The van der Waals surface area contributed by atoms with Crippen LogP contribution in [0.1, 0.15) is 22.8 Å². The molecule has 1 amide bonds. The fraction of sp³-hybridized carbons (Fsp3) is 0.286. The third-order valence-electron chi connectivity index (χ3n) is 4.34. The number of H-pyrrole nitrogens is 1. The molecule has 0 saturated heterocycles. The van der Waals surface area contributed by atoms with Crippen LogP contribution in [0.5, 0.6) is 0 Å². The van der Waals surface area contributed by atoms with Crippen molar-refractivity contribution in [2.24, 2.45) is 0 Å². The molecule has 0 aliphatic rings. The van der Waals surface area contributed by atoms with E-state index in [9.17, 15) is 9.59 Å². The number of aromatic nitrogens is 3. The summed E-state index contributed by atoms with van der Waals surface area (Å²) in [7, 11) is 1.62. The number of thioether (sulfide) groups is 1. The van der Waals surface area contributed by atoms with Crippen molar-refractivity contribution in [2.75, 3.05) is 19.0 Å². The predicted molar refractivity (Wildman–Crippen MR) is 114 cm³/mol. The fourth-order valence-electron chi connectivity index (χ4n) is 2.81. The molecule has 0 fully saturated rings. The van der Waals surface area contributed by atoms with Gasteiger partial charge in [-0.05, 0) is 31.0 Å². The Labute approximate surface area is 173 Å². The van der Waals surface area contributed by atoms with Gasteiger partial charge in [-0.2, -0.15) is 0 Å². The SMILES string of the molecule is COCCCn1c(SC(C(=O)Nc2ccc(C)cc2)c2ccccc2)n[nH]c1=O. The van der Waals surface area contributed by atoms with Crippen LogP contribution in [0.25, 0.3) is 0 Å². The van der Waals surface area contributed by atoms with Crippen LogP contribution in [0.2, 0.25) is 0 Å². The van der Waals surface area contributed by atoms with Gasteiger partial charge >= 0.3 is 5.69 Å². The third kappa shape index (κ3) is 5.58. The molecule has 0 aliphatic carbocycles. The number of benzene rings is 2. The van der Waals surface area contributed by atoms with Gasteiger partial charge in [-0.3, -0.25) is 9.36 Å². The van der Waals surface area contributed by atoms with Gasteiger partial charge in [0.1, 0.15) is 5.25 Å². The van der Waals surface area contributed by atoms with Crippen LogP contribution in [0, 0.1) is 6.92 Å². The second kappa shape index (κ2) is 10.1. The molecule has 0 spiro atoms. The molecule has 1 unspecified atom stereocenters. The summed E-state index contributed by atoms with van der Waals surface area (Å²) >= 11 is 1.25. The molecular formula is C21H24N4O3S. The molecule has 0 bridgehead atoms. The summed E-state index contributed by atoms with van der Waals surface area (Å²) in [6.07, 6.45) is 0.676. The highest BCUT2D eigenvalue weighted by Crippen LogP contribution is 2.34. The van der Waals surface area contributed by atoms with Crippen molar-refractivity contribution in [3.8, 4) is 0 Å². The van der Waals surface area contributed by atoms with E-state index in [0.29, 0.717) is 24.7 Å². The van der Waals surface area contributed by atoms with E-state index in [-0.39, 0.29) is 11.6 Å². The first-order chi connectivity index (χ1) is 14.1. The van der Waals surface area contributed by atoms with Crippen LogP contribution in [0.3, 0.4) is 0 Å². The predicted octanol–water partition coefficient (Wildman–Crippen LogP) is 3.39. The molecule has 0 radical (unpaired) electrons. The number of anilines is 1. The van der Waals surface area contributed by atoms with E-state index < -0.39 is 5.25 Å². The fourth-order valence-corrected chi connectivity index (χ4v) is 3.88. The van der Waals surface area contributed by atoms with Crippen molar-refractivity contribution in [3.05, 3.63) is 76.2 Å². The molecule has 1 heterocycles. The highest BCUT2D eigenvalue weighted by molar-refractivity contribution is 8.00. The molecule has 2 N–H and O–H groups in total. The minimum atomic E-state index is -0.561. The summed E-state index contributed by atoms with van der Waals surface area (Å²) in [5, 5.41) is 9.48. The summed E-state index contributed by atoms with van der Waals surface area (Å²) in [4.78, 5) is 25.2. The number of rotatable bonds is 9. The molecule has 2 aromatic carbocycles. The van der Waals surface area contributed by atoms with Crippen molar-refractivity contribution in [1.29, 1.82) is 0 Å². The maximum Gasteiger partial charge on any atom is 0.343 e. The summed E-state index contributed by atoms with van der Waals surface area (Å²) in [5.41, 5.74) is 2.38. The quantitative estimate of drug-likeness (QED) is 0.415. The zero-order valence-electron chi connectivity index (χ0n) is 16.4. The topological polar surface area (TPSA) is 89.0 Å². The van der Waals surface area contributed by atoms with E-state index in [1.165, 1.54) is 11.8 Å². The van der Waals surface area contributed by atoms with Gasteiger partial charge in [0, 0.05) is 25.9 Å². The zero-order chi connectivity index (χ0) is 20.6. The monoisotopic (exact) mass is 412 g/mol. The second-order valence-electron chi connectivity index (χ2n) is 6.57. The molecule has 152 valence electrons. The Kier molecular flexibility index (Phi) is 7.26. The van der Waals surface area contributed by atoms with E-state index in [0.717, 1.165) is 16.8 Å². The minimum Gasteiger partial charge on any atom is -0.385 e. The van der Waals surface area contributed by atoms with Crippen molar-refractivity contribution < 1.29 is 9.53 Å². The van der Waals surface area contributed by atoms with Gasteiger partial charge in [0.2, 0.25) is 5.91 Å². The number of amides is 1. The number of hydrogen-bond donors (Lipinski definition) is 2. The Hall–Kier alpha value is -2.84. The van der Waals surface area contributed by atoms with Crippen LogP contribution in [-0.2, 0) is 16.1 Å². The number of carbonyl (C=O) groups excluding carboxylic acids is 1. The van der Waals surface area contributed by atoms with E-state index in [1.54, 1.807) is 11.7 Å². The molecule has 1 aromatic heterocycles. The lowest BCUT2D eigenvalue weighted by Gasteiger charge is -2.17. The largest absolute Gasteiger partial charge is 0.385 e. The number of aryl methyl sites for hydroxylation is 1. The number of hydrogen-bond acceptors (Lipinski definition) is 5. The van der Waals surface area contributed by atoms with Gasteiger partial charge in [-0.15, -0.1) is 5.10 Å². The van der Waals surface area contributed by atoms with Gasteiger partial charge in [-0.25, -0.2) is 9.89 Å². The average molecular weight is 413 g/mol. The van der Waals surface area contributed by atoms with E-state index in [4.69, 9.17) is 4.74 Å². The highest BCUT2D eigenvalue weighted by atomic mass is 32.2. The highest BCUT2D eigenvalue weighted by Gasteiger charge is 2.25. The number of nitrogens with one attached hydrogen (secondary N) is 2. The van der Waals surface area contributed by atoms with E-state index >= 15 is 0 Å². The van der Waals surface area contributed by atoms with Crippen molar-refractivity contribution in [1.82, 2.24) is 14.8 Å². The van der Waals surface area contributed by atoms with Crippen molar-refractivity contribution in [2.45, 2.75) is 30.3 Å². The van der Waals surface area contributed by atoms with Crippen LogP contribution in [-0.4, -0.2) is 34.4 Å². The zero-order valence-corrected chi connectivity index (χ0v) is 17.2. The van der Waals surface area contributed by atoms with Gasteiger partial charge in [0.15, 0.2) is 5.16 Å². The molecule has 0 aliphatic heterocycles. The Morgan fingerprint density at radius 1 is 1.21 bits per heavy atom. The smallest absolute Gasteiger partial charge is 0.343 e. The third-order valence-corrected chi connectivity index (χ3v) is 5.58. The maximum absolute atomic E-state index is 13.1. The van der Waals surface area contributed by atoms with Crippen molar-refractivity contribution >= 4 is 23.4 Å². The summed E-state index contributed by atoms with van der Waals surface area (Å²) in [5.74, 6) is -0.177. The van der Waals surface area contributed by atoms with Crippen LogP contribution < -0.4 is 11.0 Å². The lowest BCUT2D eigenvalue weighted by molar-refractivity contribution is -0.115. The van der Waals surface area contributed by atoms with Crippen LogP contribution >= 0.6 is 11.8 Å². The molecule has 8 heteroatoms. The molecule has 3 rings (SSSR count). The number of ether oxygens (including phenoxy) is 1. The first kappa shape index (κ1) is 20.9. The lowest BCUT2D eigenvalue weighted by Crippen LogP contribution is -2.21. The van der Waals surface area contributed by atoms with Gasteiger partial charge in [0.05, 0.1) is 0 Å².